The van der Waals surface area contributed by atoms with E-state index in [4.69, 9.17) is 5.11 Å². The van der Waals surface area contributed by atoms with Crippen LogP contribution in [-0.4, -0.2) is 27.7 Å². The Morgan fingerprint density at radius 2 is 2.64 bits per heavy atom. The number of aliphatic hydroxyl groups is 1. The maximum atomic E-state index is 8.89. The Hall–Kier alpha value is -0.870. The molecular formula is C7H13N3O. The van der Waals surface area contributed by atoms with Crippen LogP contribution in [0.25, 0.3) is 0 Å². The Bertz CT molecular complexity index is 184. The Morgan fingerprint density at radius 3 is 3.18 bits per heavy atom. The summed E-state index contributed by atoms with van der Waals surface area (Å²) < 4.78 is 0. The molecule has 0 aliphatic carbocycles. The molecule has 1 heterocycles. The summed E-state index contributed by atoms with van der Waals surface area (Å²) in [7, 11) is 0. The molecule has 0 bridgehead atoms. The molecule has 4 heteroatoms. The summed E-state index contributed by atoms with van der Waals surface area (Å²) in [6.45, 7) is 3.02. The molecule has 0 saturated carbocycles. The van der Waals surface area contributed by atoms with Crippen molar-refractivity contribution in [3.05, 3.63) is 18.2 Å². The van der Waals surface area contributed by atoms with Crippen LogP contribution in [0.2, 0.25) is 0 Å². The molecule has 1 rings (SSSR count). The number of aromatic amines is 1. The molecule has 4 nitrogen and oxygen atoms in total. The lowest BCUT2D eigenvalue weighted by Crippen LogP contribution is -2.24. The zero-order valence-electron chi connectivity index (χ0n) is 6.54. The lowest BCUT2D eigenvalue weighted by atomic mass is 10.4. The number of hydrogen-bond donors (Lipinski definition) is 3. The first-order valence-electron chi connectivity index (χ1n) is 3.66. The number of nitrogens with one attached hydrogen (secondary N) is 2. The molecule has 1 aromatic rings. The van der Waals surface area contributed by atoms with E-state index in [1.54, 1.807) is 19.3 Å². The SMILES string of the molecule is C[C@H](O)CNCc1ncc[nH]1. The van der Waals surface area contributed by atoms with E-state index in [9.17, 15) is 0 Å². The molecule has 0 spiro atoms. The van der Waals surface area contributed by atoms with Crippen molar-refractivity contribution in [3.8, 4) is 0 Å². The maximum Gasteiger partial charge on any atom is 0.120 e. The molecule has 0 unspecified atom stereocenters. The highest BCUT2D eigenvalue weighted by molar-refractivity contribution is 4.85. The van der Waals surface area contributed by atoms with E-state index in [0.29, 0.717) is 13.1 Å². The fourth-order valence-corrected chi connectivity index (χ4v) is 0.794. The summed E-state index contributed by atoms with van der Waals surface area (Å²) in [4.78, 5) is 6.97. The first-order chi connectivity index (χ1) is 5.29. The molecule has 0 saturated heterocycles. The van der Waals surface area contributed by atoms with Crippen molar-refractivity contribution in [2.24, 2.45) is 0 Å². The summed E-state index contributed by atoms with van der Waals surface area (Å²) in [5.41, 5.74) is 0. The van der Waals surface area contributed by atoms with Gasteiger partial charge in [0.1, 0.15) is 5.82 Å². The Morgan fingerprint density at radius 1 is 1.82 bits per heavy atom. The Kier molecular flexibility index (Phi) is 3.07. The molecule has 11 heavy (non-hydrogen) atoms. The largest absolute Gasteiger partial charge is 0.392 e. The number of rotatable bonds is 4. The highest BCUT2D eigenvalue weighted by Gasteiger charge is 1.95. The van der Waals surface area contributed by atoms with Crippen LogP contribution in [0.5, 0.6) is 0 Å². The minimum atomic E-state index is -0.301. The smallest absolute Gasteiger partial charge is 0.120 e. The number of aromatic nitrogens is 2. The van der Waals surface area contributed by atoms with Crippen LogP contribution in [0.15, 0.2) is 12.4 Å². The standard InChI is InChI=1S/C7H13N3O/c1-6(11)4-8-5-7-9-2-3-10-7/h2-3,6,8,11H,4-5H2,1H3,(H,9,10)/t6-/m0/s1. The minimum Gasteiger partial charge on any atom is -0.392 e. The van der Waals surface area contributed by atoms with Gasteiger partial charge in [0.25, 0.3) is 0 Å². The highest BCUT2D eigenvalue weighted by Crippen LogP contribution is 1.86. The van der Waals surface area contributed by atoms with Crippen LogP contribution in [0, 0.1) is 0 Å². The van der Waals surface area contributed by atoms with Gasteiger partial charge in [-0.3, -0.25) is 0 Å². The number of aliphatic hydroxyl groups excluding tert-OH is 1. The van der Waals surface area contributed by atoms with Crippen LogP contribution in [0.3, 0.4) is 0 Å². The molecule has 3 N–H and O–H groups in total. The second-order valence-electron chi connectivity index (χ2n) is 2.52. The van der Waals surface area contributed by atoms with Crippen LogP contribution in [-0.2, 0) is 6.54 Å². The summed E-state index contributed by atoms with van der Waals surface area (Å²) >= 11 is 0. The van der Waals surface area contributed by atoms with E-state index in [1.165, 1.54) is 0 Å². The van der Waals surface area contributed by atoms with Gasteiger partial charge in [-0.25, -0.2) is 4.98 Å². The maximum absolute atomic E-state index is 8.89. The molecule has 1 aromatic heterocycles. The third-order valence-electron chi connectivity index (χ3n) is 1.29. The Labute approximate surface area is 65.7 Å². The van der Waals surface area contributed by atoms with E-state index in [2.05, 4.69) is 15.3 Å². The number of imidazole rings is 1. The van der Waals surface area contributed by atoms with Crippen molar-refractivity contribution in [2.75, 3.05) is 6.54 Å². The highest BCUT2D eigenvalue weighted by atomic mass is 16.3. The van der Waals surface area contributed by atoms with Gasteiger partial charge in [0.2, 0.25) is 0 Å². The van der Waals surface area contributed by atoms with Crippen molar-refractivity contribution >= 4 is 0 Å². The summed E-state index contributed by atoms with van der Waals surface area (Å²) in [5.74, 6) is 0.894. The van der Waals surface area contributed by atoms with Gasteiger partial charge in [-0.1, -0.05) is 0 Å². The molecular weight excluding hydrogens is 142 g/mol. The first kappa shape index (κ1) is 8.23. The predicted octanol–water partition coefficient (Wildman–Crippen LogP) is -0.120. The van der Waals surface area contributed by atoms with Gasteiger partial charge in [0, 0.05) is 18.9 Å². The third-order valence-corrected chi connectivity index (χ3v) is 1.29. The summed E-state index contributed by atoms with van der Waals surface area (Å²) in [6.07, 6.45) is 3.18. The zero-order valence-corrected chi connectivity index (χ0v) is 6.54. The van der Waals surface area contributed by atoms with Crippen LogP contribution < -0.4 is 5.32 Å². The predicted molar refractivity (Wildman–Crippen MR) is 42.0 cm³/mol. The van der Waals surface area contributed by atoms with E-state index in [1.807, 2.05) is 0 Å². The van der Waals surface area contributed by atoms with E-state index in [0.717, 1.165) is 5.82 Å². The minimum absolute atomic E-state index is 0.301. The lowest BCUT2D eigenvalue weighted by Gasteiger charge is -2.03. The van der Waals surface area contributed by atoms with Crippen molar-refractivity contribution < 1.29 is 5.11 Å². The second-order valence-corrected chi connectivity index (χ2v) is 2.52. The average Bonchev–Trinajstić information content (AvgIpc) is 2.39. The van der Waals surface area contributed by atoms with Gasteiger partial charge in [-0.15, -0.1) is 0 Å². The molecule has 62 valence electrons. The zero-order chi connectivity index (χ0) is 8.10. The number of nitrogens with zero attached hydrogens (tertiary/aromatic N) is 1. The van der Waals surface area contributed by atoms with Crippen LogP contribution in [0.4, 0.5) is 0 Å². The first-order valence-corrected chi connectivity index (χ1v) is 3.66. The van der Waals surface area contributed by atoms with Crippen LogP contribution >= 0.6 is 0 Å². The molecule has 0 radical (unpaired) electrons. The second kappa shape index (κ2) is 4.10. The number of H-pyrrole nitrogens is 1. The number of hydrogen-bond acceptors (Lipinski definition) is 3. The monoisotopic (exact) mass is 155 g/mol. The topological polar surface area (TPSA) is 60.9 Å². The van der Waals surface area contributed by atoms with Gasteiger partial charge in [-0.2, -0.15) is 0 Å². The fourth-order valence-electron chi connectivity index (χ4n) is 0.794. The third kappa shape index (κ3) is 3.15. The van der Waals surface area contributed by atoms with Gasteiger partial charge in [0.15, 0.2) is 0 Å². The average molecular weight is 155 g/mol. The van der Waals surface area contributed by atoms with Crippen molar-refractivity contribution in [1.29, 1.82) is 0 Å². The molecule has 1 atom stereocenters. The van der Waals surface area contributed by atoms with E-state index < -0.39 is 0 Å². The molecule has 0 fully saturated rings. The Balaban J connectivity index is 2.14. The molecule has 0 amide bonds. The fraction of sp³-hybridized carbons (Fsp3) is 0.571. The van der Waals surface area contributed by atoms with Gasteiger partial charge in [0.05, 0.1) is 12.6 Å². The molecule has 0 aliphatic rings. The molecule has 0 aromatic carbocycles. The lowest BCUT2D eigenvalue weighted by molar-refractivity contribution is 0.190. The van der Waals surface area contributed by atoms with E-state index >= 15 is 0 Å². The molecule has 0 aliphatic heterocycles. The van der Waals surface area contributed by atoms with Crippen molar-refractivity contribution in [1.82, 2.24) is 15.3 Å². The normalized spacial score (nSPS) is 13.3. The van der Waals surface area contributed by atoms with Gasteiger partial charge in [-0.05, 0) is 6.92 Å². The quantitative estimate of drug-likeness (QED) is 0.568. The van der Waals surface area contributed by atoms with Crippen molar-refractivity contribution in [2.45, 2.75) is 19.6 Å². The van der Waals surface area contributed by atoms with Crippen LogP contribution in [0.1, 0.15) is 12.7 Å². The van der Waals surface area contributed by atoms with Crippen molar-refractivity contribution in [3.63, 3.8) is 0 Å². The summed E-state index contributed by atoms with van der Waals surface area (Å²) in [6, 6.07) is 0. The summed E-state index contributed by atoms with van der Waals surface area (Å²) in [5, 5.41) is 11.9. The van der Waals surface area contributed by atoms with Gasteiger partial charge < -0.3 is 15.4 Å². The van der Waals surface area contributed by atoms with E-state index in [-0.39, 0.29) is 6.10 Å². The van der Waals surface area contributed by atoms with Gasteiger partial charge >= 0.3 is 0 Å².